The molecule has 3 N–H and O–H groups in total. The van der Waals surface area contributed by atoms with Gasteiger partial charge in [-0.05, 0) is 59.9 Å². The summed E-state index contributed by atoms with van der Waals surface area (Å²) in [6.07, 6.45) is 5.71. The Morgan fingerprint density at radius 1 is 1.28 bits per heavy atom. The van der Waals surface area contributed by atoms with Crippen LogP contribution in [0, 0.1) is 11.3 Å². The fourth-order valence-corrected chi connectivity index (χ4v) is 5.44. The first kappa shape index (κ1) is 21.9. The van der Waals surface area contributed by atoms with Crippen LogP contribution >= 0.6 is 34.5 Å². The third-order valence-electron chi connectivity index (χ3n) is 5.35. The van der Waals surface area contributed by atoms with Gasteiger partial charge in [-0.3, -0.25) is 9.59 Å². The lowest BCUT2D eigenvalue weighted by Gasteiger charge is -2.33. The first-order chi connectivity index (χ1) is 13.6. The number of thiophene rings is 1. The van der Waals surface area contributed by atoms with Gasteiger partial charge in [0.2, 0.25) is 5.91 Å². The van der Waals surface area contributed by atoms with E-state index in [1.807, 2.05) is 0 Å². The highest BCUT2D eigenvalue weighted by Gasteiger charge is 2.33. The lowest BCUT2D eigenvalue weighted by molar-refractivity contribution is -0.111. The summed E-state index contributed by atoms with van der Waals surface area (Å²) in [7, 11) is 0. The summed E-state index contributed by atoms with van der Waals surface area (Å²) in [6, 6.07) is 5.06. The molecule has 2 aromatic rings. The Balaban J connectivity index is 1.82. The first-order valence-electron chi connectivity index (χ1n) is 9.44. The van der Waals surface area contributed by atoms with Crippen molar-refractivity contribution in [1.82, 2.24) is 0 Å². The summed E-state index contributed by atoms with van der Waals surface area (Å²) in [4.78, 5) is 25.7. The number of benzene rings is 1. The van der Waals surface area contributed by atoms with E-state index < -0.39 is 5.91 Å². The van der Waals surface area contributed by atoms with Crippen LogP contribution in [0.3, 0.4) is 0 Å². The third kappa shape index (κ3) is 5.03. The third-order valence-corrected chi connectivity index (χ3v) is 7.08. The normalized spacial score (nSPS) is 16.7. The number of anilines is 1. The van der Waals surface area contributed by atoms with Gasteiger partial charge in [0, 0.05) is 21.0 Å². The van der Waals surface area contributed by atoms with Gasteiger partial charge in [-0.2, -0.15) is 0 Å². The number of halogens is 2. The molecule has 1 atom stereocenters. The minimum atomic E-state index is -0.503. The van der Waals surface area contributed by atoms with Crippen molar-refractivity contribution in [3.8, 4) is 0 Å². The van der Waals surface area contributed by atoms with Crippen LogP contribution in [0.25, 0.3) is 6.08 Å². The molecule has 29 heavy (non-hydrogen) atoms. The molecule has 1 aliphatic rings. The van der Waals surface area contributed by atoms with Crippen molar-refractivity contribution >= 4 is 57.4 Å². The van der Waals surface area contributed by atoms with Crippen LogP contribution in [-0.4, -0.2) is 11.8 Å². The van der Waals surface area contributed by atoms with Crippen LogP contribution in [0.4, 0.5) is 5.00 Å². The largest absolute Gasteiger partial charge is 0.365 e. The Morgan fingerprint density at radius 2 is 2.00 bits per heavy atom. The molecule has 0 spiro atoms. The van der Waals surface area contributed by atoms with Gasteiger partial charge in [0.15, 0.2) is 0 Å². The van der Waals surface area contributed by atoms with Crippen LogP contribution in [0.5, 0.6) is 0 Å². The molecule has 7 heteroatoms. The van der Waals surface area contributed by atoms with Crippen molar-refractivity contribution in [3.05, 3.63) is 55.9 Å². The molecule has 0 saturated carbocycles. The minimum Gasteiger partial charge on any atom is -0.365 e. The maximum Gasteiger partial charge on any atom is 0.251 e. The molecule has 1 aromatic heterocycles. The molecule has 1 aromatic carbocycles. The van der Waals surface area contributed by atoms with Crippen molar-refractivity contribution in [2.24, 2.45) is 17.1 Å². The smallest absolute Gasteiger partial charge is 0.251 e. The Morgan fingerprint density at radius 3 is 2.62 bits per heavy atom. The van der Waals surface area contributed by atoms with Crippen LogP contribution in [0.2, 0.25) is 10.0 Å². The number of amides is 2. The van der Waals surface area contributed by atoms with Crippen LogP contribution in [0.1, 0.15) is 53.6 Å². The molecule has 1 heterocycles. The van der Waals surface area contributed by atoms with Crippen molar-refractivity contribution in [3.63, 3.8) is 0 Å². The second-order valence-electron chi connectivity index (χ2n) is 8.37. The topological polar surface area (TPSA) is 72.2 Å². The maximum atomic E-state index is 12.5. The number of hydrogen-bond donors (Lipinski definition) is 2. The van der Waals surface area contributed by atoms with E-state index in [9.17, 15) is 9.59 Å². The number of carbonyl (C=O) groups is 2. The van der Waals surface area contributed by atoms with Gasteiger partial charge in [0.05, 0.1) is 5.56 Å². The van der Waals surface area contributed by atoms with E-state index >= 15 is 0 Å². The number of nitrogens with two attached hydrogens (primary N) is 1. The summed E-state index contributed by atoms with van der Waals surface area (Å²) >= 11 is 13.5. The van der Waals surface area contributed by atoms with Crippen molar-refractivity contribution in [1.29, 1.82) is 0 Å². The molecule has 2 amide bonds. The number of carbonyl (C=O) groups excluding carboxylic acids is 2. The van der Waals surface area contributed by atoms with E-state index in [2.05, 4.69) is 26.1 Å². The van der Waals surface area contributed by atoms with Gasteiger partial charge in [0.1, 0.15) is 5.00 Å². The van der Waals surface area contributed by atoms with E-state index in [4.69, 9.17) is 28.9 Å². The van der Waals surface area contributed by atoms with E-state index in [0.29, 0.717) is 32.1 Å². The molecule has 4 nitrogen and oxygen atoms in total. The Labute approximate surface area is 185 Å². The number of primary amides is 1. The molecule has 1 aliphatic carbocycles. The summed E-state index contributed by atoms with van der Waals surface area (Å²) in [5, 5.41) is 4.33. The lowest BCUT2D eigenvalue weighted by atomic mass is 9.72. The lowest BCUT2D eigenvalue weighted by Crippen LogP contribution is -2.27. The summed E-state index contributed by atoms with van der Waals surface area (Å²) in [5.74, 6) is -0.314. The Kier molecular flexibility index (Phi) is 6.42. The predicted molar refractivity (Wildman–Crippen MR) is 122 cm³/mol. The summed E-state index contributed by atoms with van der Waals surface area (Å²) < 4.78 is 0. The highest BCUT2D eigenvalue weighted by molar-refractivity contribution is 7.17. The molecule has 3 rings (SSSR count). The molecular weight excluding hydrogens is 427 g/mol. The van der Waals surface area contributed by atoms with E-state index in [0.717, 1.165) is 29.7 Å². The summed E-state index contributed by atoms with van der Waals surface area (Å²) in [5.41, 5.74) is 7.96. The number of rotatable bonds is 4. The maximum absolute atomic E-state index is 12.5. The molecular formula is C22H24Cl2N2O2S. The van der Waals surface area contributed by atoms with Crippen molar-refractivity contribution < 1.29 is 9.59 Å². The molecule has 0 unspecified atom stereocenters. The van der Waals surface area contributed by atoms with Gasteiger partial charge in [-0.25, -0.2) is 0 Å². The quantitative estimate of drug-likeness (QED) is 0.564. The van der Waals surface area contributed by atoms with Crippen LogP contribution in [0.15, 0.2) is 24.3 Å². The molecule has 0 fully saturated rings. The molecule has 0 radical (unpaired) electrons. The van der Waals surface area contributed by atoms with Crippen molar-refractivity contribution in [2.45, 2.75) is 40.0 Å². The van der Waals surface area contributed by atoms with Gasteiger partial charge in [-0.1, -0.05) is 50.0 Å². The zero-order valence-corrected chi connectivity index (χ0v) is 19.0. The van der Waals surface area contributed by atoms with E-state index in [1.165, 1.54) is 17.4 Å². The number of fused-ring (bicyclic) bond motifs is 1. The Bertz CT molecular complexity index is 989. The first-order valence-corrected chi connectivity index (χ1v) is 11.0. The minimum absolute atomic E-state index is 0.193. The second-order valence-corrected chi connectivity index (χ2v) is 10.3. The van der Waals surface area contributed by atoms with Gasteiger partial charge >= 0.3 is 0 Å². The van der Waals surface area contributed by atoms with E-state index in [1.54, 1.807) is 24.3 Å². The monoisotopic (exact) mass is 450 g/mol. The van der Waals surface area contributed by atoms with Crippen molar-refractivity contribution in [2.75, 3.05) is 5.32 Å². The highest BCUT2D eigenvalue weighted by atomic mass is 35.5. The number of hydrogen-bond acceptors (Lipinski definition) is 3. The molecule has 154 valence electrons. The van der Waals surface area contributed by atoms with Gasteiger partial charge in [-0.15, -0.1) is 11.3 Å². The average Bonchev–Trinajstić information content (AvgIpc) is 2.97. The number of nitrogens with one attached hydrogen (secondary N) is 1. The highest BCUT2D eigenvalue weighted by Crippen LogP contribution is 2.44. The second kappa shape index (κ2) is 8.50. The standard InChI is InChI=1S/C22H24Cl2N2O2S/c1-22(2,3)13-6-8-15-17(10-13)29-21(19(15)20(25)28)26-18(27)9-5-12-4-7-14(23)11-16(12)24/h4-5,7,9,11,13H,6,8,10H2,1-3H3,(H2,25,28)(H,26,27)/b9-5+/t13-/m1/s1. The zero-order valence-electron chi connectivity index (χ0n) is 16.6. The predicted octanol–water partition coefficient (Wildman–Crippen LogP) is 5.96. The molecule has 0 aliphatic heterocycles. The van der Waals surface area contributed by atoms with Crippen LogP contribution in [-0.2, 0) is 17.6 Å². The Hall–Kier alpha value is -1.82. The average molecular weight is 451 g/mol. The fourth-order valence-electron chi connectivity index (χ4n) is 3.63. The fraction of sp³-hybridized carbons (Fsp3) is 0.364. The molecule has 0 bridgehead atoms. The zero-order chi connectivity index (χ0) is 21.3. The van der Waals surface area contributed by atoms with Gasteiger partial charge in [0.25, 0.3) is 5.91 Å². The van der Waals surface area contributed by atoms with Crippen LogP contribution < -0.4 is 11.1 Å². The SMILES string of the molecule is CC(C)(C)[C@@H]1CCc2c(sc(NC(=O)/C=C/c3ccc(Cl)cc3Cl)c2C(N)=O)C1. The summed E-state index contributed by atoms with van der Waals surface area (Å²) in [6.45, 7) is 6.71. The van der Waals surface area contributed by atoms with E-state index in [-0.39, 0.29) is 11.3 Å². The van der Waals surface area contributed by atoms with Gasteiger partial charge < -0.3 is 11.1 Å². The molecule has 0 saturated heterocycles.